The fourth-order valence-corrected chi connectivity index (χ4v) is 4.14. The second-order valence-electron chi connectivity index (χ2n) is 8.47. The molecule has 0 aliphatic heterocycles. The minimum atomic E-state index is -1.64. The summed E-state index contributed by atoms with van der Waals surface area (Å²) < 4.78 is 66.7. The first-order valence-corrected chi connectivity index (χ1v) is 11.2. The number of halogens is 4. The van der Waals surface area contributed by atoms with Crippen molar-refractivity contribution >= 4 is 16.9 Å². The molecule has 0 atom stereocenters. The number of hydrogen-bond acceptors (Lipinski definition) is 3. The minimum Gasteiger partial charge on any atom is -0.489 e. The van der Waals surface area contributed by atoms with Crippen LogP contribution in [0.15, 0.2) is 66.7 Å². The third-order valence-electron chi connectivity index (χ3n) is 5.87. The van der Waals surface area contributed by atoms with Crippen LogP contribution in [-0.4, -0.2) is 15.9 Å². The topological polar surface area (TPSA) is 81.0 Å². The van der Waals surface area contributed by atoms with Gasteiger partial charge in [-0.15, -0.1) is 0 Å². The zero-order valence-electron chi connectivity index (χ0n) is 19.4. The van der Waals surface area contributed by atoms with Gasteiger partial charge in [0.1, 0.15) is 23.7 Å². The number of H-pyrrole nitrogens is 1. The number of fused-ring (bicyclic) bond motifs is 1. The second-order valence-corrected chi connectivity index (χ2v) is 8.47. The molecule has 37 heavy (non-hydrogen) atoms. The Kier molecular flexibility index (Phi) is 6.12. The average Bonchev–Trinajstić information content (AvgIpc) is 3.30. The van der Waals surface area contributed by atoms with Gasteiger partial charge in [0.15, 0.2) is 23.3 Å². The van der Waals surface area contributed by atoms with Gasteiger partial charge in [-0.05, 0) is 47.9 Å². The molecule has 1 aromatic heterocycles. The van der Waals surface area contributed by atoms with Crippen molar-refractivity contribution in [2.45, 2.75) is 13.5 Å². The van der Waals surface area contributed by atoms with Gasteiger partial charge in [0.25, 0.3) is 5.91 Å². The third kappa shape index (κ3) is 4.40. The Morgan fingerprint density at radius 2 is 1.57 bits per heavy atom. The van der Waals surface area contributed by atoms with E-state index in [1.54, 1.807) is 19.1 Å². The van der Waals surface area contributed by atoms with Crippen molar-refractivity contribution in [1.29, 1.82) is 0 Å². The van der Waals surface area contributed by atoms with Gasteiger partial charge < -0.3 is 15.5 Å². The van der Waals surface area contributed by atoms with Crippen LogP contribution >= 0.6 is 0 Å². The van der Waals surface area contributed by atoms with Crippen molar-refractivity contribution in [3.63, 3.8) is 0 Å². The predicted molar refractivity (Wildman–Crippen MR) is 131 cm³/mol. The standard InChI is InChI=1S/C28H19F4N3O2/c1-14-10-18(27(33)36)26-19(11-14)34-28(35-26)21-24(31)22(29)20(23(30)25(21)32)16-8-5-9-17(12-16)37-13-15-6-3-2-4-7-15/h2-12H,13H2,1H3,(H2,33,36)(H,34,35). The van der Waals surface area contributed by atoms with E-state index in [4.69, 9.17) is 10.5 Å². The van der Waals surface area contributed by atoms with Gasteiger partial charge in [0.2, 0.25) is 0 Å². The van der Waals surface area contributed by atoms with Crippen LogP contribution in [0.25, 0.3) is 33.5 Å². The number of nitrogens with two attached hydrogens (primary N) is 1. The van der Waals surface area contributed by atoms with Crippen LogP contribution < -0.4 is 10.5 Å². The lowest BCUT2D eigenvalue weighted by Gasteiger charge is -2.13. The lowest BCUT2D eigenvalue weighted by molar-refractivity contribution is 0.100. The van der Waals surface area contributed by atoms with Crippen LogP contribution in [0.2, 0.25) is 0 Å². The number of primary amides is 1. The first kappa shape index (κ1) is 24.1. The third-order valence-corrected chi connectivity index (χ3v) is 5.87. The van der Waals surface area contributed by atoms with Gasteiger partial charge in [-0.1, -0.05) is 42.5 Å². The number of nitrogens with zero attached hydrogens (tertiary/aromatic N) is 1. The number of aromatic nitrogens is 2. The number of hydrogen-bond donors (Lipinski definition) is 2. The molecule has 0 spiro atoms. The summed E-state index contributed by atoms with van der Waals surface area (Å²) in [5.41, 5.74) is 5.12. The molecule has 0 saturated heterocycles. The van der Waals surface area contributed by atoms with E-state index in [0.717, 1.165) is 5.56 Å². The summed E-state index contributed by atoms with van der Waals surface area (Å²) in [4.78, 5) is 18.5. The zero-order chi connectivity index (χ0) is 26.3. The summed E-state index contributed by atoms with van der Waals surface area (Å²) in [5, 5.41) is 0. The maximum atomic E-state index is 15.2. The molecule has 3 N–H and O–H groups in total. The summed E-state index contributed by atoms with van der Waals surface area (Å²) >= 11 is 0. The molecule has 1 amide bonds. The number of carbonyl (C=O) groups is 1. The summed E-state index contributed by atoms with van der Waals surface area (Å²) in [6, 6.07) is 17.9. The van der Waals surface area contributed by atoms with E-state index in [1.165, 1.54) is 24.3 Å². The molecule has 9 heteroatoms. The van der Waals surface area contributed by atoms with Gasteiger partial charge in [-0.3, -0.25) is 4.79 Å². The van der Waals surface area contributed by atoms with Crippen molar-refractivity contribution in [1.82, 2.24) is 9.97 Å². The van der Waals surface area contributed by atoms with Crippen LogP contribution in [0.1, 0.15) is 21.5 Å². The molecule has 0 aliphatic carbocycles. The van der Waals surface area contributed by atoms with Gasteiger partial charge in [-0.2, -0.15) is 0 Å². The molecule has 0 bridgehead atoms. The van der Waals surface area contributed by atoms with Gasteiger partial charge in [0, 0.05) is 0 Å². The quantitative estimate of drug-likeness (QED) is 0.206. The number of benzene rings is 4. The Balaban J connectivity index is 1.57. The molecule has 5 aromatic rings. The van der Waals surface area contributed by atoms with E-state index in [9.17, 15) is 4.79 Å². The van der Waals surface area contributed by atoms with Gasteiger partial charge >= 0.3 is 0 Å². The lowest BCUT2D eigenvalue weighted by atomic mass is 10.0. The fraction of sp³-hybridized carbons (Fsp3) is 0.0714. The number of carbonyl (C=O) groups excluding carboxylic acids is 1. The molecular weight excluding hydrogens is 486 g/mol. The number of nitrogens with one attached hydrogen (secondary N) is 1. The number of ether oxygens (including phenoxy) is 1. The number of imidazole rings is 1. The molecule has 4 aromatic carbocycles. The highest BCUT2D eigenvalue weighted by Crippen LogP contribution is 2.37. The molecule has 5 rings (SSSR count). The maximum Gasteiger partial charge on any atom is 0.250 e. The van der Waals surface area contributed by atoms with E-state index in [-0.39, 0.29) is 34.5 Å². The Hall–Kier alpha value is -4.66. The molecule has 5 nitrogen and oxygen atoms in total. The van der Waals surface area contributed by atoms with Crippen molar-refractivity contribution in [2.75, 3.05) is 0 Å². The predicted octanol–water partition coefficient (Wildman–Crippen LogP) is 6.44. The van der Waals surface area contributed by atoms with E-state index in [2.05, 4.69) is 9.97 Å². The summed E-state index contributed by atoms with van der Waals surface area (Å²) in [7, 11) is 0. The van der Waals surface area contributed by atoms with Crippen molar-refractivity contribution < 1.29 is 27.1 Å². The normalized spacial score (nSPS) is 11.2. The molecular formula is C28H19F4N3O2. The molecule has 0 unspecified atom stereocenters. The Morgan fingerprint density at radius 1 is 0.892 bits per heavy atom. The van der Waals surface area contributed by atoms with E-state index < -0.39 is 46.1 Å². The molecule has 1 heterocycles. The highest BCUT2D eigenvalue weighted by Gasteiger charge is 2.29. The number of amides is 1. The van der Waals surface area contributed by atoms with Crippen LogP contribution in [0, 0.1) is 30.2 Å². The van der Waals surface area contributed by atoms with Gasteiger partial charge in [0.05, 0.1) is 22.2 Å². The maximum absolute atomic E-state index is 15.2. The second kappa shape index (κ2) is 9.42. The van der Waals surface area contributed by atoms with Crippen molar-refractivity contribution in [2.24, 2.45) is 5.73 Å². The number of aromatic amines is 1. The SMILES string of the molecule is Cc1cc(C(N)=O)c2nc(-c3c(F)c(F)c(-c4cccc(OCc5ccccc5)c4)c(F)c3F)[nH]c2c1. The average molecular weight is 505 g/mol. The molecule has 0 radical (unpaired) electrons. The Bertz CT molecular complexity index is 1640. The van der Waals surface area contributed by atoms with E-state index in [1.807, 2.05) is 30.3 Å². The molecule has 0 aliphatic rings. The van der Waals surface area contributed by atoms with Crippen LogP contribution in [0.4, 0.5) is 17.6 Å². The Labute approximate surface area is 208 Å². The van der Waals surface area contributed by atoms with Crippen LogP contribution in [0.3, 0.4) is 0 Å². The summed E-state index contributed by atoms with van der Waals surface area (Å²) in [6.45, 7) is 1.87. The monoisotopic (exact) mass is 505 g/mol. The molecule has 0 saturated carbocycles. The zero-order valence-corrected chi connectivity index (χ0v) is 19.4. The van der Waals surface area contributed by atoms with Crippen molar-refractivity contribution in [3.05, 3.63) is 107 Å². The smallest absolute Gasteiger partial charge is 0.250 e. The number of aryl methyl sites for hydroxylation is 1. The first-order chi connectivity index (χ1) is 17.7. The van der Waals surface area contributed by atoms with E-state index >= 15 is 17.6 Å². The molecule has 186 valence electrons. The van der Waals surface area contributed by atoms with E-state index in [0.29, 0.717) is 5.56 Å². The fourth-order valence-electron chi connectivity index (χ4n) is 4.14. The minimum absolute atomic E-state index is 0.00296. The first-order valence-electron chi connectivity index (χ1n) is 11.2. The van der Waals surface area contributed by atoms with Crippen LogP contribution in [-0.2, 0) is 6.61 Å². The molecule has 0 fully saturated rings. The van der Waals surface area contributed by atoms with Gasteiger partial charge in [-0.25, -0.2) is 22.5 Å². The van der Waals surface area contributed by atoms with Crippen molar-refractivity contribution in [3.8, 4) is 28.3 Å². The lowest BCUT2D eigenvalue weighted by Crippen LogP contribution is -2.11. The number of rotatable bonds is 6. The highest BCUT2D eigenvalue weighted by atomic mass is 19.2. The van der Waals surface area contributed by atoms with Crippen LogP contribution in [0.5, 0.6) is 5.75 Å². The Morgan fingerprint density at radius 3 is 2.24 bits per heavy atom. The largest absolute Gasteiger partial charge is 0.489 e. The summed E-state index contributed by atoms with van der Waals surface area (Å²) in [5.74, 6) is -7.50. The highest BCUT2D eigenvalue weighted by molar-refractivity contribution is 6.05. The summed E-state index contributed by atoms with van der Waals surface area (Å²) in [6.07, 6.45) is 0.